The van der Waals surface area contributed by atoms with Gasteiger partial charge in [0.2, 0.25) is 0 Å². The normalized spacial score (nSPS) is 11.6. The topological polar surface area (TPSA) is 83.8 Å². The third-order valence-corrected chi connectivity index (χ3v) is 4.42. The Kier molecular flexibility index (Phi) is 7.91. The molecule has 1 aromatic heterocycles. The molecule has 32 heavy (non-hydrogen) atoms. The van der Waals surface area contributed by atoms with Gasteiger partial charge in [0.25, 0.3) is 0 Å². The van der Waals surface area contributed by atoms with Gasteiger partial charge in [-0.05, 0) is 57.0 Å². The summed E-state index contributed by atoms with van der Waals surface area (Å²) >= 11 is 0. The van der Waals surface area contributed by atoms with Crippen LogP contribution in [0.5, 0.6) is 5.75 Å². The van der Waals surface area contributed by atoms with Crippen LogP contribution in [0.1, 0.15) is 38.8 Å². The maximum Gasteiger partial charge on any atom is 0.159 e. The highest BCUT2D eigenvalue weighted by Crippen LogP contribution is 2.30. The Morgan fingerprint density at radius 3 is 2.09 bits per heavy atom. The van der Waals surface area contributed by atoms with Crippen molar-refractivity contribution in [3.05, 3.63) is 65.9 Å². The fraction of sp³-hybridized carbons (Fsp3) is 0.280. The van der Waals surface area contributed by atoms with Gasteiger partial charge in [-0.3, -0.25) is 0 Å². The first kappa shape index (κ1) is 22.9. The number of hydrogen-bond acceptors (Lipinski definition) is 7. The molecule has 1 heterocycles. The Labute approximate surface area is 189 Å². The number of nitrogens with one attached hydrogen (secondary N) is 2. The molecule has 2 aromatic carbocycles. The SMILES string of the molecule is COc1cc(/C=N/NC(C)C)ccc1-c1ccnc(-c2ccc(/C=N/NC(C)C)cc2)n1. The fourth-order valence-electron chi connectivity index (χ4n) is 2.89. The summed E-state index contributed by atoms with van der Waals surface area (Å²) in [4.78, 5) is 9.22. The van der Waals surface area contributed by atoms with Crippen molar-refractivity contribution >= 4 is 12.4 Å². The van der Waals surface area contributed by atoms with Gasteiger partial charge in [0.1, 0.15) is 5.75 Å². The first-order chi connectivity index (χ1) is 15.5. The minimum absolute atomic E-state index is 0.282. The molecular formula is C25H30N6O. The number of methoxy groups -OCH3 is 1. The van der Waals surface area contributed by atoms with Crippen LogP contribution in [0.4, 0.5) is 0 Å². The molecule has 0 amide bonds. The summed E-state index contributed by atoms with van der Waals surface area (Å²) in [6.45, 7) is 8.17. The molecule has 0 radical (unpaired) electrons. The van der Waals surface area contributed by atoms with Crippen molar-refractivity contribution < 1.29 is 4.74 Å². The number of benzene rings is 2. The maximum absolute atomic E-state index is 5.62. The monoisotopic (exact) mass is 430 g/mol. The lowest BCUT2D eigenvalue weighted by atomic mass is 10.1. The Morgan fingerprint density at radius 1 is 0.844 bits per heavy atom. The van der Waals surface area contributed by atoms with E-state index in [-0.39, 0.29) is 6.04 Å². The maximum atomic E-state index is 5.62. The standard InChI is InChI=1S/C25H30N6O/c1-17(2)30-27-15-19-6-9-21(10-7-19)25-26-13-12-23(29-25)22-11-8-20(14-24(22)32-5)16-28-31-18(3)4/h6-18,30-31H,1-5H3/b27-15+,28-16+. The second kappa shape index (κ2) is 11.0. The average Bonchev–Trinajstić information content (AvgIpc) is 2.79. The lowest BCUT2D eigenvalue weighted by Gasteiger charge is -2.10. The zero-order valence-corrected chi connectivity index (χ0v) is 19.2. The van der Waals surface area contributed by atoms with Crippen molar-refractivity contribution in [3.63, 3.8) is 0 Å². The van der Waals surface area contributed by atoms with E-state index >= 15 is 0 Å². The highest BCUT2D eigenvalue weighted by Gasteiger charge is 2.10. The summed E-state index contributed by atoms with van der Waals surface area (Å²) in [7, 11) is 1.66. The number of hydrogen-bond donors (Lipinski definition) is 2. The van der Waals surface area contributed by atoms with Crippen LogP contribution in [0.25, 0.3) is 22.6 Å². The van der Waals surface area contributed by atoms with Crippen molar-refractivity contribution in [2.45, 2.75) is 39.8 Å². The molecule has 0 unspecified atom stereocenters. The third kappa shape index (κ3) is 6.38. The molecule has 0 spiro atoms. The second-order valence-electron chi connectivity index (χ2n) is 7.93. The molecule has 0 saturated carbocycles. The van der Waals surface area contributed by atoms with E-state index in [0.717, 1.165) is 33.7 Å². The molecule has 0 atom stereocenters. The molecule has 0 fully saturated rings. The first-order valence-electron chi connectivity index (χ1n) is 10.7. The van der Waals surface area contributed by atoms with Gasteiger partial charge in [0.15, 0.2) is 5.82 Å². The highest BCUT2D eigenvalue weighted by molar-refractivity contribution is 5.83. The van der Waals surface area contributed by atoms with Crippen LogP contribution >= 0.6 is 0 Å². The summed E-state index contributed by atoms with van der Waals surface area (Å²) in [5.74, 6) is 1.38. The fourth-order valence-corrected chi connectivity index (χ4v) is 2.89. The molecule has 0 bridgehead atoms. The Bertz CT molecular complexity index is 1070. The molecule has 3 rings (SSSR count). The van der Waals surface area contributed by atoms with E-state index in [4.69, 9.17) is 9.72 Å². The number of nitrogens with zero attached hydrogens (tertiary/aromatic N) is 4. The van der Waals surface area contributed by atoms with Crippen molar-refractivity contribution in [2.24, 2.45) is 10.2 Å². The lowest BCUT2D eigenvalue weighted by molar-refractivity contribution is 0.416. The Morgan fingerprint density at radius 2 is 1.47 bits per heavy atom. The van der Waals surface area contributed by atoms with Crippen LogP contribution in [0.15, 0.2) is 64.9 Å². The molecule has 0 aliphatic carbocycles. The summed E-state index contributed by atoms with van der Waals surface area (Å²) in [5.41, 5.74) is 10.6. The quantitative estimate of drug-likeness (QED) is 0.386. The molecule has 7 nitrogen and oxygen atoms in total. The molecule has 2 N–H and O–H groups in total. The van der Waals surface area contributed by atoms with E-state index in [0.29, 0.717) is 11.9 Å². The van der Waals surface area contributed by atoms with Gasteiger partial charge in [-0.2, -0.15) is 10.2 Å². The van der Waals surface area contributed by atoms with Crippen molar-refractivity contribution in [1.29, 1.82) is 0 Å². The molecule has 3 aromatic rings. The van der Waals surface area contributed by atoms with Crippen LogP contribution < -0.4 is 15.6 Å². The minimum atomic E-state index is 0.282. The van der Waals surface area contributed by atoms with Crippen molar-refractivity contribution in [2.75, 3.05) is 7.11 Å². The summed E-state index contributed by atoms with van der Waals surface area (Å²) in [6, 6.07) is 16.4. The number of ether oxygens (including phenoxy) is 1. The van der Waals surface area contributed by atoms with Crippen molar-refractivity contribution in [1.82, 2.24) is 20.8 Å². The zero-order chi connectivity index (χ0) is 22.9. The number of rotatable bonds is 9. The second-order valence-corrected chi connectivity index (χ2v) is 7.93. The van der Waals surface area contributed by atoms with E-state index in [2.05, 4.69) is 26.0 Å². The third-order valence-electron chi connectivity index (χ3n) is 4.42. The summed E-state index contributed by atoms with van der Waals surface area (Å²) in [5, 5.41) is 8.45. The minimum Gasteiger partial charge on any atom is -0.496 e. The summed E-state index contributed by atoms with van der Waals surface area (Å²) < 4.78 is 5.62. The number of aromatic nitrogens is 2. The van der Waals surface area contributed by atoms with Gasteiger partial charge in [-0.25, -0.2) is 9.97 Å². The van der Waals surface area contributed by atoms with Crippen LogP contribution in [0.3, 0.4) is 0 Å². The molecule has 0 aliphatic rings. The van der Waals surface area contributed by atoms with E-state index in [1.807, 2.05) is 76.2 Å². The van der Waals surface area contributed by atoms with Crippen LogP contribution in [0.2, 0.25) is 0 Å². The van der Waals surface area contributed by atoms with Crippen LogP contribution in [-0.2, 0) is 0 Å². The molecule has 166 valence electrons. The molecular weight excluding hydrogens is 400 g/mol. The Balaban J connectivity index is 1.82. The van der Waals surface area contributed by atoms with Gasteiger partial charge in [-0.15, -0.1) is 0 Å². The first-order valence-corrected chi connectivity index (χ1v) is 10.7. The van der Waals surface area contributed by atoms with Crippen molar-refractivity contribution in [3.8, 4) is 28.4 Å². The molecule has 0 aliphatic heterocycles. The van der Waals surface area contributed by atoms with E-state index in [9.17, 15) is 0 Å². The van der Waals surface area contributed by atoms with Gasteiger partial charge in [0, 0.05) is 29.4 Å². The zero-order valence-electron chi connectivity index (χ0n) is 19.2. The predicted octanol–water partition coefficient (Wildman–Crippen LogP) is 4.48. The highest BCUT2D eigenvalue weighted by atomic mass is 16.5. The smallest absolute Gasteiger partial charge is 0.159 e. The van der Waals surface area contributed by atoms with E-state index < -0.39 is 0 Å². The molecule has 7 heteroatoms. The van der Waals surface area contributed by atoms with Gasteiger partial charge < -0.3 is 15.6 Å². The summed E-state index contributed by atoms with van der Waals surface area (Å²) in [6.07, 6.45) is 5.34. The van der Waals surface area contributed by atoms with Crippen LogP contribution in [-0.4, -0.2) is 41.6 Å². The van der Waals surface area contributed by atoms with Gasteiger partial charge >= 0.3 is 0 Å². The van der Waals surface area contributed by atoms with Gasteiger partial charge in [0.05, 0.1) is 25.2 Å². The Hall–Kier alpha value is -3.74. The lowest BCUT2D eigenvalue weighted by Crippen LogP contribution is -2.15. The molecule has 0 saturated heterocycles. The van der Waals surface area contributed by atoms with E-state index in [1.54, 1.807) is 25.7 Å². The van der Waals surface area contributed by atoms with Crippen LogP contribution in [0, 0.1) is 0 Å². The predicted molar refractivity (Wildman–Crippen MR) is 131 cm³/mol. The van der Waals surface area contributed by atoms with E-state index in [1.165, 1.54) is 0 Å². The largest absolute Gasteiger partial charge is 0.496 e. The van der Waals surface area contributed by atoms with Gasteiger partial charge in [-0.1, -0.05) is 30.3 Å². The number of hydrazone groups is 2. The average molecular weight is 431 g/mol.